The molecule has 7 nitrogen and oxygen atoms in total. The number of nitrogen functional groups attached to an aromatic ring is 1. The SMILES string of the molecule is Nn1c(Sc2ncnc3ccc(F)cc23)nnc1-c1ccco1. The van der Waals surface area contributed by atoms with Gasteiger partial charge in [-0.05, 0) is 42.1 Å². The van der Waals surface area contributed by atoms with Crippen molar-refractivity contribution in [2.75, 3.05) is 5.84 Å². The van der Waals surface area contributed by atoms with Gasteiger partial charge in [0.1, 0.15) is 17.2 Å². The third-order valence-corrected chi connectivity index (χ3v) is 4.13. The minimum absolute atomic E-state index is 0.361. The summed E-state index contributed by atoms with van der Waals surface area (Å²) in [6.07, 6.45) is 2.94. The van der Waals surface area contributed by atoms with E-state index in [1.54, 1.807) is 18.2 Å². The van der Waals surface area contributed by atoms with E-state index >= 15 is 0 Å². The summed E-state index contributed by atoms with van der Waals surface area (Å²) in [6, 6.07) is 7.79. The molecule has 0 aliphatic heterocycles. The number of nitrogens with two attached hydrogens (primary N) is 1. The number of hydrogen-bond donors (Lipinski definition) is 1. The van der Waals surface area contributed by atoms with Crippen molar-refractivity contribution < 1.29 is 8.81 Å². The van der Waals surface area contributed by atoms with Crippen molar-refractivity contribution >= 4 is 22.7 Å². The first-order chi connectivity index (χ1) is 11.2. The molecule has 3 aromatic heterocycles. The maximum atomic E-state index is 13.5. The molecule has 0 unspecified atom stereocenters. The van der Waals surface area contributed by atoms with E-state index in [1.807, 2.05) is 0 Å². The second-order valence-corrected chi connectivity index (χ2v) is 5.55. The molecule has 4 aromatic rings. The summed E-state index contributed by atoms with van der Waals surface area (Å²) in [5.74, 6) is 6.54. The Morgan fingerprint density at radius 1 is 1.17 bits per heavy atom. The standard InChI is InChI=1S/C14H9FN6OS/c15-8-3-4-10-9(6-8)13(18-7-17-10)23-14-20-19-12(21(14)16)11-2-1-5-22-11/h1-7H,16H2. The molecule has 0 bridgehead atoms. The van der Waals surface area contributed by atoms with Crippen molar-refractivity contribution in [1.82, 2.24) is 24.8 Å². The number of nitrogens with zero attached hydrogens (tertiary/aromatic N) is 5. The van der Waals surface area contributed by atoms with Gasteiger partial charge in [-0.2, -0.15) is 0 Å². The molecule has 0 aliphatic rings. The molecule has 0 aliphatic carbocycles. The summed E-state index contributed by atoms with van der Waals surface area (Å²) in [6.45, 7) is 0. The highest BCUT2D eigenvalue weighted by Gasteiger charge is 2.16. The molecule has 0 atom stereocenters. The van der Waals surface area contributed by atoms with Crippen LogP contribution in [-0.2, 0) is 0 Å². The molecule has 114 valence electrons. The second-order valence-electron chi connectivity index (χ2n) is 4.60. The van der Waals surface area contributed by atoms with Crippen LogP contribution in [0.15, 0.2) is 57.5 Å². The van der Waals surface area contributed by atoms with Crippen LogP contribution in [0.4, 0.5) is 4.39 Å². The van der Waals surface area contributed by atoms with E-state index in [1.165, 1.54) is 41.2 Å². The van der Waals surface area contributed by atoms with Crippen LogP contribution in [0.25, 0.3) is 22.5 Å². The predicted octanol–water partition coefficient (Wildman–Crippen LogP) is 2.49. The van der Waals surface area contributed by atoms with Gasteiger partial charge < -0.3 is 10.3 Å². The molecule has 0 saturated heterocycles. The first-order valence-corrected chi connectivity index (χ1v) is 7.36. The van der Waals surface area contributed by atoms with Crippen LogP contribution in [0.3, 0.4) is 0 Å². The van der Waals surface area contributed by atoms with Crippen molar-refractivity contribution in [3.63, 3.8) is 0 Å². The zero-order chi connectivity index (χ0) is 15.8. The van der Waals surface area contributed by atoms with Crippen LogP contribution in [0.1, 0.15) is 0 Å². The monoisotopic (exact) mass is 328 g/mol. The summed E-state index contributed by atoms with van der Waals surface area (Å²) in [5, 5.41) is 9.57. The number of halogens is 1. The number of rotatable bonds is 3. The molecule has 1 aromatic carbocycles. The smallest absolute Gasteiger partial charge is 0.218 e. The van der Waals surface area contributed by atoms with E-state index in [-0.39, 0.29) is 5.82 Å². The summed E-state index contributed by atoms with van der Waals surface area (Å²) >= 11 is 1.18. The molecular weight excluding hydrogens is 319 g/mol. The predicted molar refractivity (Wildman–Crippen MR) is 81.5 cm³/mol. The fraction of sp³-hybridized carbons (Fsp3) is 0. The average Bonchev–Trinajstić information content (AvgIpc) is 3.19. The molecule has 0 radical (unpaired) electrons. The first-order valence-electron chi connectivity index (χ1n) is 6.55. The van der Waals surface area contributed by atoms with Gasteiger partial charge >= 0.3 is 0 Å². The van der Waals surface area contributed by atoms with Gasteiger partial charge in [-0.1, -0.05) is 0 Å². The Labute approximate surface area is 133 Å². The van der Waals surface area contributed by atoms with Crippen LogP contribution >= 0.6 is 11.8 Å². The van der Waals surface area contributed by atoms with Gasteiger partial charge in [0.15, 0.2) is 5.76 Å². The molecule has 23 heavy (non-hydrogen) atoms. The fourth-order valence-electron chi connectivity index (χ4n) is 2.09. The Hall–Kier alpha value is -2.94. The second kappa shape index (κ2) is 5.36. The molecular formula is C14H9FN6OS. The Bertz CT molecular complexity index is 984. The molecule has 0 saturated carbocycles. The Kier molecular flexibility index (Phi) is 3.19. The topological polar surface area (TPSA) is 95.7 Å². The van der Waals surface area contributed by atoms with E-state index in [0.717, 1.165) is 0 Å². The van der Waals surface area contributed by atoms with Crippen LogP contribution in [0, 0.1) is 5.82 Å². The van der Waals surface area contributed by atoms with E-state index in [4.69, 9.17) is 10.3 Å². The number of fused-ring (bicyclic) bond motifs is 1. The summed E-state index contributed by atoms with van der Waals surface area (Å²) in [4.78, 5) is 8.29. The zero-order valence-corrected chi connectivity index (χ0v) is 12.4. The molecule has 2 N–H and O–H groups in total. The minimum Gasteiger partial charge on any atom is -0.461 e. The van der Waals surface area contributed by atoms with Crippen LogP contribution < -0.4 is 5.84 Å². The number of furan rings is 1. The zero-order valence-electron chi connectivity index (χ0n) is 11.5. The molecule has 9 heteroatoms. The third kappa shape index (κ3) is 2.40. The number of hydrogen-bond acceptors (Lipinski definition) is 7. The van der Waals surface area contributed by atoms with E-state index in [9.17, 15) is 4.39 Å². The lowest BCUT2D eigenvalue weighted by molar-refractivity contribution is 0.574. The Balaban J connectivity index is 1.76. The highest BCUT2D eigenvalue weighted by Crippen LogP contribution is 2.31. The minimum atomic E-state index is -0.361. The normalized spacial score (nSPS) is 11.2. The summed E-state index contributed by atoms with van der Waals surface area (Å²) < 4.78 is 20.1. The van der Waals surface area contributed by atoms with Gasteiger partial charge in [-0.25, -0.2) is 19.0 Å². The first kappa shape index (κ1) is 13.7. The van der Waals surface area contributed by atoms with Crippen molar-refractivity contribution in [1.29, 1.82) is 0 Å². The maximum Gasteiger partial charge on any atom is 0.218 e. The molecule has 4 rings (SSSR count). The van der Waals surface area contributed by atoms with Gasteiger partial charge in [-0.3, -0.25) is 0 Å². The number of aromatic nitrogens is 5. The molecule has 3 heterocycles. The lowest BCUT2D eigenvalue weighted by Gasteiger charge is -2.04. The Morgan fingerprint density at radius 2 is 2.09 bits per heavy atom. The largest absolute Gasteiger partial charge is 0.461 e. The quantitative estimate of drug-likeness (QED) is 0.456. The van der Waals surface area contributed by atoms with Gasteiger partial charge in [0, 0.05) is 5.39 Å². The summed E-state index contributed by atoms with van der Waals surface area (Å²) in [5.41, 5.74) is 0.637. The van der Waals surface area contributed by atoms with Crippen LogP contribution in [-0.4, -0.2) is 24.8 Å². The number of benzene rings is 1. The summed E-state index contributed by atoms with van der Waals surface area (Å²) in [7, 11) is 0. The molecule has 0 spiro atoms. The van der Waals surface area contributed by atoms with Crippen LogP contribution in [0.5, 0.6) is 0 Å². The van der Waals surface area contributed by atoms with Crippen LogP contribution in [0.2, 0.25) is 0 Å². The van der Waals surface area contributed by atoms with Gasteiger partial charge in [-0.15, -0.1) is 10.2 Å². The van der Waals surface area contributed by atoms with E-state index in [2.05, 4.69) is 20.2 Å². The average molecular weight is 328 g/mol. The van der Waals surface area contributed by atoms with Gasteiger partial charge in [0.25, 0.3) is 0 Å². The highest BCUT2D eigenvalue weighted by atomic mass is 32.2. The molecule has 0 fully saturated rings. The van der Waals surface area contributed by atoms with Crippen molar-refractivity contribution in [2.45, 2.75) is 10.2 Å². The third-order valence-electron chi connectivity index (χ3n) is 3.15. The Morgan fingerprint density at radius 3 is 2.91 bits per heavy atom. The van der Waals surface area contributed by atoms with Crippen molar-refractivity contribution in [3.8, 4) is 11.6 Å². The fourth-order valence-corrected chi connectivity index (χ4v) is 2.91. The lowest BCUT2D eigenvalue weighted by Crippen LogP contribution is -2.11. The van der Waals surface area contributed by atoms with Crippen molar-refractivity contribution in [3.05, 3.63) is 48.7 Å². The van der Waals surface area contributed by atoms with Gasteiger partial charge in [0.2, 0.25) is 11.0 Å². The highest BCUT2D eigenvalue weighted by molar-refractivity contribution is 7.99. The van der Waals surface area contributed by atoms with E-state index in [0.29, 0.717) is 32.7 Å². The van der Waals surface area contributed by atoms with E-state index < -0.39 is 0 Å². The lowest BCUT2D eigenvalue weighted by atomic mass is 10.2. The maximum absolute atomic E-state index is 13.5. The van der Waals surface area contributed by atoms with Gasteiger partial charge in [0.05, 0.1) is 11.8 Å². The molecule has 0 amide bonds. The van der Waals surface area contributed by atoms with Crippen molar-refractivity contribution in [2.24, 2.45) is 0 Å².